The summed E-state index contributed by atoms with van der Waals surface area (Å²) in [6, 6.07) is 14.6. The molecule has 7 heteroatoms. The molecule has 0 unspecified atom stereocenters. The number of rotatable bonds is 4. The molecule has 0 spiro atoms. The van der Waals surface area contributed by atoms with Crippen molar-refractivity contribution in [2.75, 3.05) is 21.2 Å². The van der Waals surface area contributed by atoms with E-state index in [1.807, 2.05) is 42.7 Å². The molecule has 0 saturated carbocycles. The molecular weight excluding hydrogens is 392 g/mol. The lowest BCUT2D eigenvalue weighted by atomic mass is 10.1. The third kappa shape index (κ3) is 3.38. The van der Waals surface area contributed by atoms with E-state index in [1.54, 1.807) is 51.7 Å². The van der Waals surface area contributed by atoms with E-state index in [4.69, 9.17) is 4.74 Å². The largest absolute Gasteiger partial charge is 0.497 e. The van der Waals surface area contributed by atoms with Crippen molar-refractivity contribution in [3.05, 3.63) is 82.0 Å². The van der Waals surface area contributed by atoms with Gasteiger partial charge in [0.1, 0.15) is 5.75 Å². The molecule has 31 heavy (non-hydrogen) atoms. The monoisotopic (exact) mass is 416 g/mol. The molecule has 0 atom stereocenters. The highest BCUT2D eigenvalue weighted by molar-refractivity contribution is 5.94. The molecule has 0 fully saturated rings. The fraction of sp³-hybridized carbons (Fsp3) is 0.208. The Balaban J connectivity index is 1.91. The third-order valence-electron chi connectivity index (χ3n) is 5.46. The average Bonchev–Trinajstić information content (AvgIpc) is 3.04. The number of benzene rings is 2. The lowest BCUT2D eigenvalue weighted by Crippen LogP contribution is -2.24. The lowest BCUT2D eigenvalue weighted by Gasteiger charge is -2.11. The van der Waals surface area contributed by atoms with Crippen LogP contribution in [-0.4, -0.2) is 46.4 Å². The predicted octanol–water partition coefficient (Wildman–Crippen LogP) is 3.50. The van der Waals surface area contributed by atoms with Crippen LogP contribution in [0, 0.1) is 13.8 Å². The lowest BCUT2D eigenvalue weighted by molar-refractivity contribution is 0.0827. The summed E-state index contributed by atoms with van der Waals surface area (Å²) in [5, 5.41) is 5.80. The highest BCUT2D eigenvalue weighted by atomic mass is 16.5. The number of ether oxygens (including phenoxy) is 1. The maximum atomic E-state index is 13.5. The molecule has 2 heterocycles. The first-order chi connectivity index (χ1) is 14.8. The molecule has 7 nitrogen and oxygen atoms in total. The van der Waals surface area contributed by atoms with E-state index in [0.717, 1.165) is 28.2 Å². The van der Waals surface area contributed by atoms with Crippen LogP contribution < -0.4 is 10.3 Å². The first kappa shape index (κ1) is 20.4. The van der Waals surface area contributed by atoms with Crippen LogP contribution in [0.2, 0.25) is 0 Å². The van der Waals surface area contributed by atoms with Gasteiger partial charge >= 0.3 is 0 Å². The first-order valence-electron chi connectivity index (χ1n) is 9.90. The minimum absolute atomic E-state index is 0.132. The molecule has 0 radical (unpaired) electrons. The molecule has 0 aliphatic heterocycles. The van der Waals surface area contributed by atoms with E-state index < -0.39 is 0 Å². The molecule has 2 aromatic heterocycles. The van der Waals surface area contributed by atoms with Gasteiger partial charge < -0.3 is 14.2 Å². The van der Waals surface area contributed by atoms with Gasteiger partial charge in [-0.15, -0.1) is 0 Å². The Morgan fingerprint density at radius 1 is 1.00 bits per heavy atom. The van der Waals surface area contributed by atoms with Gasteiger partial charge in [0, 0.05) is 48.2 Å². The molecule has 4 aromatic rings. The van der Waals surface area contributed by atoms with Gasteiger partial charge in [0.2, 0.25) is 0 Å². The number of methoxy groups -OCH3 is 1. The van der Waals surface area contributed by atoms with Crippen LogP contribution in [0.1, 0.15) is 21.7 Å². The fourth-order valence-electron chi connectivity index (χ4n) is 3.91. The topological polar surface area (TPSA) is 69.4 Å². The van der Waals surface area contributed by atoms with Crippen molar-refractivity contribution in [1.82, 2.24) is 19.2 Å². The molecule has 0 aliphatic carbocycles. The molecule has 1 amide bonds. The van der Waals surface area contributed by atoms with Gasteiger partial charge in [-0.3, -0.25) is 9.59 Å². The summed E-state index contributed by atoms with van der Waals surface area (Å²) >= 11 is 0. The normalized spacial score (nSPS) is 11.0. The van der Waals surface area contributed by atoms with Crippen molar-refractivity contribution in [3.8, 4) is 17.1 Å². The first-order valence-corrected chi connectivity index (χ1v) is 9.90. The standard InChI is InChI=1S/C24H24N4O3/c1-15-21-14-25-28(19-10-6-8-17(12-19)23(29)26(3)4)24(30)22(21)16(2)27(15)18-9-7-11-20(13-18)31-5/h6-14H,1-5H3. The summed E-state index contributed by atoms with van der Waals surface area (Å²) in [5.41, 5.74) is 3.48. The van der Waals surface area contributed by atoms with Gasteiger partial charge in [-0.25, -0.2) is 0 Å². The Morgan fingerprint density at radius 3 is 2.42 bits per heavy atom. The Labute approximate surface area is 180 Å². The van der Waals surface area contributed by atoms with Crippen LogP contribution in [0.4, 0.5) is 0 Å². The fourth-order valence-corrected chi connectivity index (χ4v) is 3.91. The van der Waals surface area contributed by atoms with Gasteiger partial charge in [0.05, 0.1) is 24.4 Å². The number of aromatic nitrogens is 3. The zero-order chi connectivity index (χ0) is 22.3. The maximum absolute atomic E-state index is 13.5. The van der Waals surface area contributed by atoms with Crippen LogP contribution in [0.3, 0.4) is 0 Å². The SMILES string of the molecule is COc1cccc(-n2c(C)c3cnn(-c4cccc(C(=O)N(C)C)c4)c(=O)c3c2C)c1. The van der Waals surface area contributed by atoms with Crippen LogP contribution in [0.5, 0.6) is 5.75 Å². The second-order valence-corrected chi connectivity index (χ2v) is 7.61. The van der Waals surface area contributed by atoms with Crippen molar-refractivity contribution < 1.29 is 9.53 Å². The highest BCUT2D eigenvalue weighted by Gasteiger charge is 2.19. The van der Waals surface area contributed by atoms with Crippen molar-refractivity contribution in [1.29, 1.82) is 0 Å². The number of amides is 1. The zero-order valence-electron chi connectivity index (χ0n) is 18.2. The van der Waals surface area contributed by atoms with Gasteiger partial charge in [-0.1, -0.05) is 12.1 Å². The number of carbonyl (C=O) groups excluding carboxylic acids is 1. The summed E-state index contributed by atoms with van der Waals surface area (Å²) in [6.45, 7) is 3.89. The van der Waals surface area contributed by atoms with E-state index in [-0.39, 0.29) is 11.5 Å². The van der Waals surface area contributed by atoms with Crippen molar-refractivity contribution in [2.24, 2.45) is 0 Å². The van der Waals surface area contributed by atoms with Gasteiger partial charge in [-0.05, 0) is 44.2 Å². The third-order valence-corrected chi connectivity index (χ3v) is 5.46. The molecule has 158 valence electrons. The summed E-state index contributed by atoms with van der Waals surface area (Å²) in [6.07, 6.45) is 1.70. The molecule has 2 aromatic carbocycles. The van der Waals surface area contributed by atoms with Crippen LogP contribution in [0.25, 0.3) is 22.1 Å². The van der Waals surface area contributed by atoms with Crippen LogP contribution >= 0.6 is 0 Å². The summed E-state index contributed by atoms with van der Waals surface area (Å²) in [4.78, 5) is 27.3. The van der Waals surface area contributed by atoms with Gasteiger partial charge in [-0.2, -0.15) is 9.78 Å². The van der Waals surface area contributed by atoms with Crippen molar-refractivity contribution in [2.45, 2.75) is 13.8 Å². The number of fused-ring (bicyclic) bond motifs is 1. The van der Waals surface area contributed by atoms with Crippen molar-refractivity contribution >= 4 is 16.7 Å². The van der Waals surface area contributed by atoms with E-state index >= 15 is 0 Å². The minimum Gasteiger partial charge on any atom is -0.497 e. The highest BCUT2D eigenvalue weighted by Crippen LogP contribution is 2.28. The Bertz CT molecular complexity index is 1370. The predicted molar refractivity (Wildman–Crippen MR) is 121 cm³/mol. The smallest absolute Gasteiger partial charge is 0.281 e. The molecular formula is C24H24N4O3. The van der Waals surface area contributed by atoms with Crippen LogP contribution in [-0.2, 0) is 0 Å². The average molecular weight is 416 g/mol. The Hall–Kier alpha value is -3.87. The number of nitrogens with zero attached hydrogens (tertiary/aromatic N) is 4. The Morgan fingerprint density at radius 2 is 1.71 bits per heavy atom. The van der Waals surface area contributed by atoms with Gasteiger partial charge in [0.25, 0.3) is 11.5 Å². The summed E-state index contributed by atoms with van der Waals surface area (Å²) in [5.74, 6) is 0.610. The Kier molecular flexibility index (Phi) is 5.10. The van der Waals surface area contributed by atoms with Crippen molar-refractivity contribution in [3.63, 3.8) is 0 Å². The molecule has 0 bridgehead atoms. The second-order valence-electron chi connectivity index (χ2n) is 7.61. The number of carbonyl (C=O) groups is 1. The van der Waals surface area contributed by atoms with Gasteiger partial charge in [0.15, 0.2) is 0 Å². The molecule has 4 rings (SSSR count). The number of hydrogen-bond donors (Lipinski definition) is 0. The zero-order valence-corrected chi connectivity index (χ0v) is 18.2. The summed E-state index contributed by atoms with van der Waals surface area (Å²) in [7, 11) is 5.01. The van der Waals surface area contributed by atoms with E-state index in [2.05, 4.69) is 5.10 Å². The van der Waals surface area contributed by atoms with E-state index in [0.29, 0.717) is 16.6 Å². The van der Waals surface area contributed by atoms with Crippen LogP contribution in [0.15, 0.2) is 59.5 Å². The minimum atomic E-state index is -0.228. The molecule has 0 N–H and O–H groups in total. The number of aryl methyl sites for hydroxylation is 2. The van der Waals surface area contributed by atoms with E-state index in [9.17, 15) is 9.59 Å². The maximum Gasteiger partial charge on any atom is 0.281 e. The van der Waals surface area contributed by atoms with E-state index in [1.165, 1.54) is 9.58 Å². The molecule has 0 saturated heterocycles. The number of hydrogen-bond acceptors (Lipinski definition) is 4. The molecule has 0 aliphatic rings. The second kappa shape index (κ2) is 7.75. The quantitative estimate of drug-likeness (QED) is 0.511. The summed E-state index contributed by atoms with van der Waals surface area (Å²) < 4.78 is 8.73.